The van der Waals surface area contributed by atoms with Crippen molar-refractivity contribution in [3.8, 4) is 11.5 Å². The number of carbonyl (C=O) groups is 4. The van der Waals surface area contributed by atoms with E-state index in [0.717, 1.165) is 24.8 Å². The Balaban J connectivity index is 1.30. The topological polar surface area (TPSA) is 140 Å². The number of amides is 1. The number of hydrogen-bond acceptors (Lipinski definition) is 11. The van der Waals surface area contributed by atoms with Crippen LogP contribution in [0.4, 0.5) is 0 Å². The number of methoxy groups -OCH3 is 3. The van der Waals surface area contributed by atoms with Gasteiger partial charge in [-0.05, 0) is 80.9 Å². The van der Waals surface area contributed by atoms with Gasteiger partial charge in [-0.2, -0.15) is 0 Å². The second-order valence-corrected chi connectivity index (χ2v) is 18.2. The number of ether oxygens (including phenoxy) is 6. The highest BCUT2D eigenvalue weighted by atomic mass is 35.5. The molecule has 2 heterocycles. The second kappa shape index (κ2) is 17.2. The molecule has 3 saturated carbocycles. The first-order valence-electron chi connectivity index (χ1n) is 20.3. The Morgan fingerprint density at radius 1 is 1.00 bits per heavy atom. The van der Waals surface area contributed by atoms with E-state index in [1.54, 1.807) is 11.0 Å². The highest BCUT2D eigenvalue weighted by Crippen LogP contribution is 2.58. The van der Waals surface area contributed by atoms with E-state index in [0.29, 0.717) is 46.4 Å². The third-order valence-electron chi connectivity index (χ3n) is 12.4. The van der Waals surface area contributed by atoms with Crippen LogP contribution in [0, 0.1) is 34.5 Å². The number of carbonyl (C=O) groups excluding carboxylic acids is 4. The monoisotopic (exact) mass is 810 g/mol. The number of esters is 2. The van der Waals surface area contributed by atoms with Crippen LogP contribution in [0.3, 0.4) is 0 Å². The van der Waals surface area contributed by atoms with Crippen molar-refractivity contribution >= 4 is 52.2 Å². The second-order valence-electron chi connectivity index (χ2n) is 17.8. The van der Waals surface area contributed by atoms with Gasteiger partial charge in [0.25, 0.3) is 0 Å². The molecule has 0 N–H and O–H groups in total. The molecule has 312 valence electrons. The Labute approximate surface area is 341 Å². The van der Waals surface area contributed by atoms with Crippen molar-refractivity contribution in [1.29, 1.82) is 0 Å². The van der Waals surface area contributed by atoms with Crippen LogP contribution in [-0.4, -0.2) is 92.5 Å². The molecule has 13 heteroatoms. The van der Waals surface area contributed by atoms with Crippen molar-refractivity contribution in [2.45, 2.75) is 117 Å². The fraction of sp³-hybridized carbons (Fsp3) is 0.659. The van der Waals surface area contributed by atoms with Crippen molar-refractivity contribution in [2.75, 3.05) is 34.5 Å². The van der Waals surface area contributed by atoms with Gasteiger partial charge in [0.05, 0.1) is 48.7 Å². The summed E-state index contributed by atoms with van der Waals surface area (Å²) in [6, 6.07) is 4.48. The fourth-order valence-corrected chi connectivity index (χ4v) is 9.28. The Hall–Kier alpha value is -3.74. The summed E-state index contributed by atoms with van der Waals surface area (Å²) in [4.78, 5) is 62.2. The van der Waals surface area contributed by atoms with Crippen LogP contribution < -0.4 is 9.47 Å². The number of aromatic nitrogens is 1. The molecule has 0 spiro atoms. The van der Waals surface area contributed by atoms with E-state index in [4.69, 9.17) is 45.0 Å². The minimum absolute atomic E-state index is 0.0235. The van der Waals surface area contributed by atoms with Gasteiger partial charge in [-0.1, -0.05) is 51.3 Å². The summed E-state index contributed by atoms with van der Waals surface area (Å²) in [6.07, 6.45) is 4.91. The molecule has 8 atom stereocenters. The molecule has 0 radical (unpaired) electrons. The Morgan fingerprint density at radius 2 is 1.70 bits per heavy atom. The average molecular weight is 811 g/mol. The van der Waals surface area contributed by atoms with Crippen molar-refractivity contribution < 1.29 is 47.6 Å². The number of pyridine rings is 1. The maximum atomic E-state index is 14.8. The van der Waals surface area contributed by atoms with E-state index in [1.165, 1.54) is 27.8 Å². The highest BCUT2D eigenvalue weighted by molar-refractivity contribution is 6.36. The number of nitrogens with zero attached hydrogens (tertiary/aromatic N) is 2. The summed E-state index contributed by atoms with van der Waals surface area (Å²) < 4.78 is 34.3. The van der Waals surface area contributed by atoms with Crippen molar-refractivity contribution in [1.82, 2.24) is 9.88 Å². The van der Waals surface area contributed by atoms with E-state index >= 15 is 0 Å². The normalized spacial score (nSPS) is 26.8. The first-order valence-corrected chi connectivity index (χ1v) is 20.6. The number of likely N-dealkylation sites (tertiary alicyclic amines) is 1. The number of Topliss-reactive ketones (excluding diaryl/α,β-unsaturated/α-hetero) is 1. The summed E-state index contributed by atoms with van der Waals surface area (Å²) in [5.74, 6) is 0.0933. The molecule has 1 unspecified atom stereocenters. The van der Waals surface area contributed by atoms with Gasteiger partial charge in [-0.25, -0.2) is 4.98 Å². The van der Waals surface area contributed by atoms with E-state index in [9.17, 15) is 19.2 Å². The summed E-state index contributed by atoms with van der Waals surface area (Å²) in [5, 5.41) is 0.898. The zero-order chi connectivity index (χ0) is 41.4. The van der Waals surface area contributed by atoms with E-state index in [-0.39, 0.29) is 61.1 Å². The summed E-state index contributed by atoms with van der Waals surface area (Å²) in [6.45, 7) is 11.9. The van der Waals surface area contributed by atoms with Gasteiger partial charge in [0.15, 0.2) is 12.1 Å². The van der Waals surface area contributed by atoms with Gasteiger partial charge in [-0.15, -0.1) is 0 Å². The number of rotatable bonds is 17. The first kappa shape index (κ1) is 42.9. The fourth-order valence-electron chi connectivity index (χ4n) is 9.01. The number of allylic oxidation sites excluding steroid dienone is 1. The Kier molecular flexibility index (Phi) is 13.0. The van der Waals surface area contributed by atoms with E-state index < -0.39 is 47.1 Å². The number of benzene rings is 1. The van der Waals surface area contributed by atoms with E-state index in [1.807, 2.05) is 59.8 Å². The number of ketones is 1. The maximum absolute atomic E-state index is 14.8. The highest BCUT2D eigenvalue weighted by Gasteiger charge is 2.62. The molecule has 4 fully saturated rings. The van der Waals surface area contributed by atoms with Gasteiger partial charge in [0.1, 0.15) is 35.3 Å². The number of hydrogen-bond donors (Lipinski definition) is 0. The van der Waals surface area contributed by atoms with Gasteiger partial charge < -0.3 is 33.3 Å². The molecule has 4 aliphatic rings. The molecular weight excluding hydrogens is 752 g/mol. The van der Waals surface area contributed by atoms with Gasteiger partial charge in [0, 0.05) is 38.5 Å². The summed E-state index contributed by atoms with van der Waals surface area (Å²) in [7, 11) is 4.39. The Bertz CT molecular complexity index is 1870. The van der Waals surface area contributed by atoms with Gasteiger partial charge in [-0.3, -0.25) is 19.2 Å². The molecule has 1 aromatic heterocycles. The lowest BCUT2D eigenvalue weighted by Crippen LogP contribution is -2.48. The molecule has 12 nitrogen and oxygen atoms in total. The Morgan fingerprint density at radius 3 is 2.30 bits per heavy atom. The molecule has 0 bridgehead atoms. The van der Waals surface area contributed by atoms with Crippen molar-refractivity contribution in [3.63, 3.8) is 0 Å². The van der Waals surface area contributed by atoms with Crippen molar-refractivity contribution in [2.24, 2.45) is 34.5 Å². The predicted molar refractivity (Wildman–Crippen MR) is 215 cm³/mol. The average Bonchev–Trinajstić information content (AvgIpc) is 3.97. The molecule has 1 aliphatic heterocycles. The lowest BCUT2D eigenvalue weighted by atomic mass is 9.77. The maximum Gasteiger partial charge on any atom is 0.312 e. The smallest absolute Gasteiger partial charge is 0.312 e. The van der Waals surface area contributed by atoms with Crippen LogP contribution in [0.15, 0.2) is 23.8 Å². The standard InChI is InChI=1S/C44H59ClN2O10/c1-10-27-20-44(27,42(51)54-9)21-34(48)33-18-30(22-47(33)41(50)32(43(4,5)6)19-37(49)57-29-15-25-14-26(25)16-29)56-36-17-28(13-24(2)3)46-40-31(36)11-12-35(39(40)45)55-23-38(52-7)53-8/h11-13,17,25-27,29-30,32-33,38H,10,14-16,18-23H2,1-9H3/t25-,26+,27-,29?,30-,32-,33+,44-/m1/s1. The van der Waals surface area contributed by atoms with E-state index in [2.05, 4.69) is 0 Å². The first-order chi connectivity index (χ1) is 27.0. The van der Waals surface area contributed by atoms with Gasteiger partial charge in [0.2, 0.25) is 5.91 Å². The molecule has 3 aliphatic carbocycles. The van der Waals surface area contributed by atoms with Crippen LogP contribution in [0.5, 0.6) is 11.5 Å². The third-order valence-corrected chi connectivity index (χ3v) is 12.8. The largest absolute Gasteiger partial charge is 0.488 e. The van der Waals surface area contributed by atoms with Crippen LogP contribution >= 0.6 is 11.6 Å². The lowest BCUT2D eigenvalue weighted by molar-refractivity contribution is -0.157. The SMILES string of the molecule is CC[C@@H]1C[C@]1(CC(=O)[C@@H]1C[C@@H](Oc2cc(C=C(C)C)nc3c(Cl)c(OCC(OC)OC)ccc23)CN1C(=O)[C@@H](CC(=O)OC1C[C@@H]2C[C@@H]2C1)C(C)(C)C)C(=O)OC. The number of halogens is 1. The van der Waals surface area contributed by atoms with Crippen LogP contribution in [0.2, 0.25) is 5.02 Å². The van der Waals surface area contributed by atoms with Crippen LogP contribution in [0.1, 0.15) is 98.6 Å². The third kappa shape index (κ3) is 9.44. The molecule has 1 aromatic carbocycles. The van der Waals surface area contributed by atoms with Gasteiger partial charge >= 0.3 is 11.9 Å². The lowest BCUT2D eigenvalue weighted by Gasteiger charge is -2.35. The summed E-state index contributed by atoms with van der Waals surface area (Å²) in [5.41, 5.74) is 0.527. The molecule has 57 heavy (non-hydrogen) atoms. The summed E-state index contributed by atoms with van der Waals surface area (Å²) >= 11 is 6.93. The predicted octanol–water partition coefficient (Wildman–Crippen LogP) is 7.60. The van der Waals surface area contributed by atoms with Crippen LogP contribution in [-0.2, 0) is 38.1 Å². The molecule has 2 aromatic rings. The zero-order valence-corrected chi connectivity index (χ0v) is 35.6. The van der Waals surface area contributed by atoms with Crippen LogP contribution in [0.25, 0.3) is 17.0 Å². The molecule has 1 saturated heterocycles. The molecule has 6 rings (SSSR count). The number of fused-ring (bicyclic) bond motifs is 2. The zero-order valence-electron chi connectivity index (χ0n) is 34.9. The van der Waals surface area contributed by atoms with Crippen molar-refractivity contribution in [3.05, 3.63) is 34.5 Å². The quantitative estimate of drug-likeness (QED) is 0.115. The minimum Gasteiger partial charge on any atom is -0.488 e. The molecule has 1 amide bonds. The molecular formula is C44H59ClN2O10. The minimum atomic E-state index is -0.910.